The molecule has 1 aliphatic heterocycles. The highest BCUT2D eigenvalue weighted by Crippen LogP contribution is 2.38. The average Bonchev–Trinajstić information content (AvgIpc) is 3.08. The lowest BCUT2D eigenvalue weighted by atomic mass is 9.91. The molecule has 2 aromatic carbocycles. The van der Waals surface area contributed by atoms with Crippen molar-refractivity contribution in [2.24, 2.45) is 5.92 Å². The van der Waals surface area contributed by atoms with Gasteiger partial charge in [-0.25, -0.2) is 4.39 Å². The predicted molar refractivity (Wildman–Crippen MR) is 102 cm³/mol. The molecule has 1 atom stereocenters. The van der Waals surface area contributed by atoms with Crippen LogP contribution in [-0.2, 0) is 4.79 Å². The van der Waals surface area contributed by atoms with Crippen molar-refractivity contribution < 1.29 is 14.3 Å². The fourth-order valence-electron chi connectivity index (χ4n) is 3.85. The highest BCUT2D eigenvalue weighted by atomic mass is 32.1. The van der Waals surface area contributed by atoms with Crippen LogP contribution < -0.4 is 0 Å². The van der Waals surface area contributed by atoms with E-state index in [1.165, 1.54) is 27.8 Å². The smallest absolute Gasteiger partial charge is 0.306 e. The zero-order valence-corrected chi connectivity index (χ0v) is 15.1. The lowest BCUT2D eigenvalue weighted by Gasteiger charge is -2.37. The zero-order valence-electron chi connectivity index (χ0n) is 14.3. The van der Waals surface area contributed by atoms with E-state index in [9.17, 15) is 14.3 Å². The van der Waals surface area contributed by atoms with E-state index in [2.05, 4.69) is 22.4 Å². The normalized spacial score (nSPS) is 17.4. The third-order valence-electron chi connectivity index (χ3n) is 5.24. The van der Waals surface area contributed by atoms with E-state index >= 15 is 0 Å². The number of carboxylic acid groups (broad SMARTS) is 1. The Balaban J connectivity index is 1.73. The Bertz CT molecular complexity index is 913. The molecule has 1 fully saturated rings. The highest BCUT2D eigenvalue weighted by molar-refractivity contribution is 7.17. The van der Waals surface area contributed by atoms with Gasteiger partial charge < -0.3 is 5.11 Å². The first-order valence-electron chi connectivity index (χ1n) is 8.82. The standard InChI is InChI=1S/C21H20FNO2S/c22-16-7-5-14(6-8-16)20(23-11-9-15(10-12-23)21(24)25)18-13-26-19-4-2-1-3-17(18)19/h1-8,13,15,20H,9-12H2,(H,24,25). The molecule has 2 heterocycles. The number of piperidine rings is 1. The summed E-state index contributed by atoms with van der Waals surface area (Å²) in [5, 5.41) is 12.7. The first-order valence-corrected chi connectivity index (χ1v) is 9.70. The zero-order chi connectivity index (χ0) is 18.1. The van der Waals surface area contributed by atoms with Crippen molar-refractivity contribution in [3.05, 3.63) is 70.9 Å². The summed E-state index contributed by atoms with van der Waals surface area (Å²) >= 11 is 1.71. The maximum atomic E-state index is 13.5. The molecular formula is C21H20FNO2S. The van der Waals surface area contributed by atoms with E-state index in [0.717, 1.165) is 18.7 Å². The van der Waals surface area contributed by atoms with E-state index in [0.29, 0.717) is 12.8 Å². The maximum Gasteiger partial charge on any atom is 0.306 e. The second kappa shape index (κ2) is 7.17. The molecule has 4 rings (SSSR count). The Morgan fingerprint density at radius 1 is 1.12 bits per heavy atom. The van der Waals surface area contributed by atoms with Gasteiger partial charge in [-0.05, 0) is 66.0 Å². The minimum absolute atomic E-state index is 0.0153. The molecule has 0 spiro atoms. The first kappa shape index (κ1) is 17.2. The third-order valence-corrected chi connectivity index (χ3v) is 6.22. The number of nitrogens with zero attached hydrogens (tertiary/aromatic N) is 1. The van der Waals surface area contributed by atoms with Gasteiger partial charge in [-0.2, -0.15) is 0 Å². The van der Waals surface area contributed by atoms with Gasteiger partial charge in [0.05, 0.1) is 12.0 Å². The van der Waals surface area contributed by atoms with Gasteiger partial charge >= 0.3 is 5.97 Å². The second-order valence-electron chi connectivity index (χ2n) is 6.79. The summed E-state index contributed by atoms with van der Waals surface area (Å²) in [5.41, 5.74) is 2.26. The van der Waals surface area contributed by atoms with Gasteiger partial charge in [-0.15, -0.1) is 11.3 Å². The molecule has 0 saturated carbocycles. The van der Waals surface area contributed by atoms with Crippen LogP contribution in [0, 0.1) is 11.7 Å². The van der Waals surface area contributed by atoms with E-state index in [1.54, 1.807) is 11.3 Å². The minimum atomic E-state index is -0.705. The number of rotatable bonds is 4. The Hall–Kier alpha value is -2.24. The number of fused-ring (bicyclic) bond motifs is 1. The van der Waals surface area contributed by atoms with E-state index in [4.69, 9.17) is 0 Å². The Kier molecular flexibility index (Phi) is 4.74. The largest absolute Gasteiger partial charge is 0.481 e. The SMILES string of the molecule is O=C(O)C1CCN(C(c2ccc(F)cc2)c2csc3ccccc23)CC1. The van der Waals surface area contributed by atoms with E-state index in [-0.39, 0.29) is 17.8 Å². The van der Waals surface area contributed by atoms with Crippen LogP contribution in [-0.4, -0.2) is 29.1 Å². The summed E-state index contributed by atoms with van der Waals surface area (Å²) in [6.45, 7) is 1.45. The molecule has 0 bridgehead atoms. The van der Waals surface area contributed by atoms with Crippen molar-refractivity contribution in [1.82, 2.24) is 4.90 Å². The summed E-state index contributed by atoms with van der Waals surface area (Å²) in [7, 11) is 0. The van der Waals surface area contributed by atoms with Crippen molar-refractivity contribution in [2.45, 2.75) is 18.9 Å². The molecular weight excluding hydrogens is 349 g/mol. The molecule has 1 aliphatic rings. The van der Waals surface area contributed by atoms with Crippen molar-refractivity contribution >= 4 is 27.4 Å². The van der Waals surface area contributed by atoms with Crippen LogP contribution in [0.4, 0.5) is 4.39 Å². The minimum Gasteiger partial charge on any atom is -0.481 e. The van der Waals surface area contributed by atoms with Crippen LogP contribution in [0.1, 0.15) is 30.0 Å². The second-order valence-corrected chi connectivity index (χ2v) is 7.70. The van der Waals surface area contributed by atoms with Gasteiger partial charge in [-0.1, -0.05) is 30.3 Å². The van der Waals surface area contributed by atoms with Crippen LogP contribution in [0.5, 0.6) is 0 Å². The molecule has 134 valence electrons. The third kappa shape index (κ3) is 3.24. The number of hydrogen-bond donors (Lipinski definition) is 1. The van der Waals surface area contributed by atoms with Gasteiger partial charge in [-0.3, -0.25) is 9.69 Å². The van der Waals surface area contributed by atoms with Gasteiger partial charge in [0, 0.05) is 4.70 Å². The average molecular weight is 369 g/mol. The summed E-state index contributed by atoms with van der Waals surface area (Å²) in [5.74, 6) is -1.21. The molecule has 1 unspecified atom stereocenters. The van der Waals surface area contributed by atoms with Crippen LogP contribution in [0.2, 0.25) is 0 Å². The van der Waals surface area contributed by atoms with Gasteiger partial charge in [0.15, 0.2) is 0 Å². The van der Waals surface area contributed by atoms with Crippen molar-refractivity contribution in [2.75, 3.05) is 13.1 Å². The highest BCUT2D eigenvalue weighted by Gasteiger charge is 2.31. The fraction of sp³-hybridized carbons (Fsp3) is 0.286. The number of hydrogen-bond acceptors (Lipinski definition) is 3. The molecule has 0 amide bonds. The Morgan fingerprint density at radius 3 is 2.50 bits per heavy atom. The molecule has 3 aromatic rings. The van der Waals surface area contributed by atoms with Crippen LogP contribution in [0.3, 0.4) is 0 Å². The topological polar surface area (TPSA) is 40.5 Å². The molecule has 26 heavy (non-hydrogen) atoms. The number of carbonyl (C=O) groups is 1. The van der Waals surface area contributed by atoms with Gasteiger partial charge in [0.1, 0.15) is 5.82 Å². The Morgan fingerprint density at radius 2 is 1.81 bits per heavy atom. The molecule has 1 aromatic heterocycles. The molecule has 0 aliphatic carbocycles. The molecule has 1 saturated heterocycles. The fourth-order valence-corrected chi connectivity index (χ4v) is 4.83. The number of halogens is 1. The lowest BCUT2D eigenvalue weighted by molar-refractivity contribution is -0.143. The molecule has 0 radical (unpaired) electrons. The summed E-state index contributed by atoms with van der Waals surface area (Å²) in [6, 6.07) is 15.0. The first-order chi connectivity index (χ1) is 12.6. The Labute approximate surface area is 155 Å². The van der Waals surface area contributed by atoms with Gasteiger partial charge in [0.25, 0.3) is 0 Å². The maximum absolute atomic E-state index is 13.5. The monoisotopic (exact) mass is 369 g/mol. The van der Waals surface area contributed by atoms with Crippen LogP contribution in [0.15, 0.2) is 53.9 Å². The number of benzene rings is 2. The predicted octanol–water partition coefficient (Wildman–Crippen LogP) is 4.93. The number of carboxylic acids is 1. The number of thiophene rings is 1. The number of likely N-dealkylation sites (tertiary alicyclic amines) is 1. The number of aliphatic carboxylic acids is 1. The van der Waals surface area contributed by atoms with Crippen LogP contribution >= 0.6 is 11.3 Å². The summed E-state index contributed by atoms with van der Waals surface area (Å²) < 4.78 is 14.7. The van der Waals surface area contributed by atoms with E-state index in [1.807, 2.05) is 24.3 Å². The van der Waals surface area contributed by atoms with Crippen LogP contribution in [0.25, 0.3) is 10.1 Å². The molecule has 3 nitrogen and oxygen atoms in total. The molecule has 5 heteroatoms. The lowest BCUT2D eigenvalue weighted by Crippen LogP contribution is -2.39. The summed E-state index contributed by atoms with van der Waals surface area (Å²) in [6.07, 6.45) is 1.30. The van der Waals surface area contributed by atoms with Crippen molar-refractivity contribution in [3.63, 3.8) is 0 Å². The van der Waals surface area contributed by atoms with Crippen molar-refractivity contribution in [3.8, 4) is 0 Å². The summed E-state index contributed by atoms with van der Waals surface area (Å²) in [4.78, 5) is 13.6. The van der Waals surface area contributed by atoms with Gasteiger partial charge in [0.2, 0.25) is 0 Å². The van der Waals surface area contributed by atoms with E-state index < -0.39 is 5.97 Å². The quantitative estimate of drug-likeness (QED) is 0.709. The van der Waals surface area contributed by atoms with Crippen molar-refractivity contribution in [1.29, 1.82) is 0 Å². The molecule has 1 N–H and O–H groups in total.